The third-order valence-electron chi connectivity index (χ3n) is 1.70. The predicted molar refractivity (Wildman–Crippen MR) is 54.1 cm³/mol. The lowest BCUT2D eigenvalue weighted by atomic mass is 10.8. The van der Waals surface area contributed by atoms with Crippen molar-refractivity contribution in [3.63, 3.8) is 0 Å². The Bertz CT molecular complexity index is 471. The van der Waals surface area contributed by atoms with Crippen molar-refractivity contribution in [3.05, 3.63) is 38.4 Å². The molecule has 0 saturated heterocycles. The Labute approximate surface area is 89.2 Å². The van der Waals surface area contributed by atoms with Crippen molar-refractivity contribution in [2.24, 2.45) is 0 Å². The van der Waals surface area contributed by atoms with Crippen LogP contribution in [0.1, 0.15) is 6.92 Å². The van der Waals surface area contributed by atoms with Gasteiger partial charge in [0, 0.05) is 13.0 Å². The normalized spacial score (nSPS) is 9.56. The van der Waals surface area contributed by atoms with Crippen molar-refractivity contribution in [3.8, 4) is 0 Å². The zero-order chi connectivity index (χ0) is 12.3. The Kier molecular flexibility index (Phi) is 3.14. The number of nitro groups is 2. The number of para-hydroxylation sites is 1. The number of nitrogens with zero attached hydrogens (tertiary/aromatic N) is 2. The van der Waals surface area contributed by atoms with Crippen LogP contribution < -0.4 is 5.32 Å². The number of anilines is 1. The van der Waals surface area contributed by atoms with Crippen molar-refractivity contribution in [1.29, 1.82) is 0 Å². The molecule has 0 aliphatic carbocycles. The first-order valence-corrected chi connectivity index (χ1v) is 4.13. The predicted octanol–water partition coefficient (Wildman–Crippen LogP) is 1.46. The van der Waals surface area contributed by atoms with E-state index in [0.29, 0.717) is 0 Å². The first-order valence-electron chi connectivity index (χ1n) is 4.13. The number of benzene rings is 1. The van der Waals surface area contributed by atoms with Crippen LogP contribution in [0.15, 0.2) is 18.2 Å². The molecule has 0 aromatic heterocycles. The number of hydrogen-bond acceptors (Lipinski definition) is 5. The van der Waals surface area contributed by atoms with Crippen LogP contribution in [0.4, 0.5) is 17.1 Å². The minimum atomic E-state index is -0.899. The van der Waals surface area contributed by atoms with Crippen LogP contribution in [-0.2, 0) is 4.79 Å². The molecular weight excluding hydrogens is 230 g/mol. The first kappa shape index (κ1) is 11.6. The molecule has 0 atom stereocenters. The van der Waals surface area contributed by atoms with E-state index in [2.05, 4.69) is 5.32 Å². The fraction of sp³-hybridized carbons (Fsp3) is 0.125. The van der Waals surface area contributed by atoms with E-state index in [1.165, 1.54) is 12.1 Å². The van der Waals surface area contributed by atoms with E-state index in [-0.39, 0.29) is 5.69 Å². The number of nitro benzene ring substituents is 2. The molecule has 0 fully saturated rings. The van der Waals surface area contributed by atoms with Crippen LogP contribution >= 0.6 is 0 Å². The molecule has 1 N–H and O–H groups in total. The number of amides is 1. The molecule has 8 heteroatoms. The van der Waals surface area contributed by atoms with Crippen molar-refractivity contribution in [2.75, 3.05) is 5.32 Å². The summed E-state index contributed by atoms with van der Waals surface area (Å²) in [5, 5.41) is 23.4. The lowest BCUT2D eigenvalue weighted by Crippen LogP contribution is -2.09. The Morgan fingerprint density at radius 1 is 1.25 bits per heavy atom. The number of hydrogen-bond donors (Lipinski definition) is 1. The first-order chi connectivity index (χ1) is 7.43. The molecule has 1 rings (SSSR count). The summed E-state index contributed by atoms with van der Waals surface area (Å²) >= 11 is 0. The number of rotatable bonds is 3. The van der Waals surface area contributed by atoms with E-state index in [1.807, 2.05) is 0 Å². The minimum Gasteiger partial charge on any atom is -0.320 e. The molecular formula is C8H7N3O5. The summed E-state index contributed by atoms with van der Waals surface area (Å²) < 4.78 is 0. The van der Waals surface area contributed by atoms with E-state index < -0.39 is 27.1 Å². The quantitative estimate of drug-likeness (QED) is 0.630. The minimum absolute atomic E-state index is 0.188. The topological polar surface area (TPSA) is 115 Å². The molecule has 1 aromatic carbocycles. The van der Waals surface area contributed by atoms with Crippen molar-refractivity contribution in [1.82, 2.24) is 0 Å². The Morgan fingerprint density at radius 3 is 2.31 bits per heavy atom. The van der Waals surface area contributed by atoms with Crippen molar-refractivity contribution in [2.45, 2.75) is 6.92 Å². The van der Waals surface area contributed by atoms with Gasteiger partial charge in [0.05, 0.1) is 9.85 Å². The Hall–Kier alpha value is -2.51. The average Bonchev–Trinajstić information content (AvgIpc) is 2.15. The highest BCUT2D eigenvalue weighted by atomic mass is 16.7. The molecule has 0 spiro atoms. The average molecular weight is 237 g/mol. The second kappa shape index (κ2) is 4.34. The second-order valence-corrected chi connectivity index (χ2v) is 2.87. The second-order valence-electron chi connectivity index (χ2n) is 2.87. The van der Waals surface area contributed by atoms with E-state index in [9.17, 15) is 25.0 Å². The summed E-state index contributed by atoms with van der Waals surface area (Å²) in [4.78, 5) is 30.2. The molecule has 0 saturated carbocycles. The van der Waals surface area contributed by atoms with Crippen LogP contribution in [-0.4, -0.2) is 15.8 Å². The summed E-state index contributed by atoms with van der Waals surface area (Å²) in [5.41, 5.74) is -1.56. The molecule has 0 heterocycles. The van der Waals surface area contributed by atoms with Gasteiger partial charge in [0.1, 0.15) is 5.69 Å². The molecule has 8 nitrogen and oxygen atoms in total. The van der Waals surface area contributed by atoms with Crippen LogP contribution in [0.3, 0.4) is 0 Å². The van der Waals surface area contributed by atoms with Crippen LogP contribution in [0.25, 0.3) is 0 Å². The zero-order valence-electron chi connectivity index (χ0n) is 8.17. The van der Waals surface area contributed by atoms with E-state index >= 15 is 0 Å². The summed E-state index contributed by atoms with van der Waals surface area (Å²) in [6, 6.07) is 3.49. The van der Waals surface area contributed by atoms with Gasteiger partial charge in [-0.15, -0.1) is 0 Å². The van der Waals surface area contributed by atoms with Crippen LogP contribution in [0, 0.1) is 20.2 Å². The standard InChI is InChI=1S/C8H7N3O5/c1-5(12)9-6-3-2-4-7(10(13)14)8(6)11(15)16/h2-4H,1H3,(H,9,12)/i2+2,3+2,4+2,6+2,7+2,8+2. The van der Waals surface area contributed by atoms with Gasteiger partial charge in [-0.2, -0.15) is 0 Å². The summed E-state index contributed by atoms with van der Waals surface area (Å²) in [7, 11) is 0. The summed E-state index contributed by atoms with van der Waals surface area (Å²) in [6.07, 6.45) is 0. The maximum absolute atomic E-state index is 10.8. The highest BCUT2D eigenvalue weighted by Gasteiger charge is 2.28. The van der Waals surface area contributed by atoms with Crippen LogP contribution in [0.5, 0.6) is 0 Å². The summed E-state index contributed by atoms with van der Waals surface area (Å²) in [5.74, 6) is -0.538. The lowest BCUT2D eigenvalue weighted by Gasteiger charge is -2.02. The number of carbonyl (C=O) groups is 1. The van der Waals surface area contributed by atoms with Gasteiger partial charge >= 0.3 is 11.4 Å². The maximum Gasteiger partial charge on any atom is 0.369 e. The largest absolute Gasteiger partial charge is 0.369 e. The molecule has 0 aliphatic heterocycles. The highest BCUT2D eigenvalue weighted by Crippen LogP contribution is 2.34. The maximum atomic E-state index is 10.8. The monoisotopic (exact) mass is 237 g/mol. The van der Waals surface area contributed by atoms with Gasteiger partial charge in [-0.25, -0.2) is 0 Å². The van der Waals surface area contributed by atoms with E-state index in [4.69, 9.17) is 0 Å². The van der Waals surface area contributed by atoms with Gasteiger partial charge in [0.15, 0.2) is 0 Å². The van der Waals surface area contributed by atoms with E-state index in [0.717, 1.165) is 13.0 Å². The number of nitrogens with one attached hydrogen (secondary N) is 1. The fourth-order valence-corrected chi connectivity index (χ4v) is 1.16. The highest BCUT2D eigenvalue weighted by molar-refractivity contribution is 5.92. The van der Waals surface area contributed by atoms with Crippen LogP contribution in [0.2, 0.25) is 0 Å². The lowest BCUT2D eigenvalue weighted by molar-refractivity contribution is -0.421. The van der Waals surface area contributed by atoms with E-state index in [1.54, 1.807) is 0 Å². The smallest absolute Gasteiger partial charge is 0.320 e. The third kappa shape index (κ3) is 2.29. The molecule has 0 radical (unpaired) electrons. The summed E-state index contributed by atoms with van der Waals surface area (Å²) in [6.45, 7) is 1.16. The SMILES string of the molecule is CC(=O)N[14c]1[14cH][14cH][14cH][14c]([N+](=O)[O-])[14c]1[N+](=O)[O-]. The van der Waals surface area contributed by atoms with Crippen molar-refractivity contribution >= 4 is 23.0 Å². The molecule has 0 aliphatic rings. The fourth-order valence-electron chi connectivity index (χ4n) is 1.16. The van der Waals surface area contributed by atoms with Gasteiger partial charge in [-0.1, -0.05) is 6.07 Å². The Morgan fingerprint density at radius 2 is 1.88 bits per heavy atom. The van der Waals surface area contributed by atoms with Gasteiger partial charge in [0.25, 0.3) is 0 Å². The van der Waals surface area contributed by atoms with Gasteiger partial charge < -0.3 is 5.32 Å². The van der Waals surface area contributed by atoms with Gasteiger partial charge in [-0.05, 0) is 6.07 Å². The van der Waals surface area contributed by atoms with Gasteiger partial charge in [0.2, 0.25) is 5.91 Å². The number of carbonyl (C=O) groups excluding carboxylic acids is 1. The third-order valence-corrected chi connectivity index (χ3v) is 1.70. The van der Waals surface area contributed by atoms with Crippen molar-refractivity contribution < 1.29 is 14.6 Å². The molecule has 1 amide bonds. The molecule has 0 bridgehead atoms. The zero-order valence-corrected chi connectivity index (χ0v) is 8.17. The Balaban J connectivity index is 3.38. The molecule has 84 valence electrons. The molecule has 0 unspecified atom stereocenters. The molecule has 16 heavy (non-hydrogen) atoms. The van der Waals surface area contributed by atoms with Gasteiger partial charge in [-0.3, -0.25) is 25.0 Å². The molecule has 1 aromatic rings.